The number of para-hydroxylation sites is 1. The standard InChI is InChI=1S/C19H25N3/c1-2-5-19-17(4-1)12-15(13-21-19)14-22-10-7-16(8-11-22)18-6-3-9-20-18/h1-2,4-5,12-13,16,18,20H,3,6-11,14H2. The third-order valence-corrected chi connectivity index (χ3v) is 5.35. The monoisotopic (exact) mass is 295 g/mol. The van der Waals surface area contributed by atoms with Gasteiger partial charge >= 0.3 is 0 Å². The molecule has 0 saturated carbocycles. The summed E-state index contributed by atoms with van der Waals surface area (Å²) in [5.41, 5.74) is 2.44. The number of rotatable bonds is 3. The van der Waals surface area contributed by atoms with Gasteiger partial charge in [-0.2, -0.15) is 0 Å². The van der Waals surface area contributed by atoms with Crippen molar-refractivity contribution in [1.82, 2.24) is 15.2 Å². The molecule has 0 aliphatic carbocycles. The molecule has 22 heavy (non-hydrogen) atoms. The Morgan fingerprint density at radius 2 is 2.00 bits per heavy atom. The first kappa shape index (κ1) is 14.2. The van der Waals surface area contributed by atoms with E-state index in [1.165, 1.54) is 56.3 Å². The molecule has 116 valence electrons. The fraction of sp³-hybridized carbons (Fsp3) is 0.526. The lowest BCUT2D eigenvalue weighted by Crippen LogP contribution is -2.40. The van der Waals surface area contributed by atoms with Crippen LogP contribution >= 0.6 is 0 Å². The molecule has 4 rings (SSSR count). The zero-order chi connectivity index (χ0) is 14.8. The van der Waals surface area contributed by atoms with Crippen LogP contribution < -0.4 is 5.32 Å². The SMILES string of the molecule is c1ccc2ncc(CN3CCC(C4CCCN4)CC3)cc2c1. The fourth-order valence-corrected chi connectivity index (χ4v) is 4.09. The summed E-state index contributed by atoms with van der Waals surface area (Å²) >= 11 is 0. The van der Waals surface area contributed by atoms with Crippen LogP contribution in [-0.4, -0.2) is 35.6 Å². The van der Waals surface area contributed by atoms with E-state index in [9.17, 15) is 0 Å². The van der Waals surface area contributed by atoms with E-state index in [-0.39, 0.29) is 0 Å². The largest absolute Gasteiger partial charge is 0.314 e. The van der Waals surface area contributed by atoms with Crippen LogP contribution in [0.5, 0.6) is 0 Å². The number of nitrogens with zero attached hydrogens (tertiary/aromatic N) is 2. The first-order chi connectivity index (χ1) is 10.9. The van der Waals surface area contributed by atoms with Crippen molar-refractivity contribution >= 4 is 10.9 Å². The zero-order valence-electron chi connectivity index (χ0n) is 13.2. The number of benzene rings is 1. The van der Waals surface area contributed by atoms with Gasteiger partial charge in [0.25, 0.3) is 0 Å². The molecule has 3 nitrogen and oxygen atoms in total. The van der Waals surface area contributed by atoms with Gasteiger partial charge in [-0.05, 0) is 68.9 Å². The molecule has 0 radical (unpaired) electrons. The maximum atomic E-state index is 4.59. The maximum absolute atomic E-state index is 4.59. The Balaban J connectivity index is 1.37. The molecule has 1 atom stereocenters. The Bertz CT molecular complexity index is 625. The first-order valence-corrected chi connectivity index (χ1v) is 8.68. The van der Waals surface area contributed by atoms with Crippen LogP contribution in [0.1, 0.15) is 31.2 Å². The van der Waals surface area contributed by atoms with E-state index in [1.54, 1.807) is 0 Å². The third kappa shape index (κ3) is 3.01. The molecule has 0 amide bonds. The molecule has 2 aliphatic rings. The Kier molecular flexibility index (Phi) is 4.09. The first-order valence-electron chi connectivity index (χ1n) is 8.68. The molecule has 2 fully saturated rings. The summed E-state index contributed by atoms with van der Waals surface area (Å²) in [6.07, 6.45) is 7.50. The molecule has 1 unspecified atom stereocenters. The van der Waals surface area contributed by atoms with Crippen LogP contribution in [0.3, 0.4) is 0 Å². The van der Waals surface area contributed by atoms with Crippen LogP contribution in [0.2, 0.25) is 0 Å². The Morgan fingerprint density at radius 3 is 2.82 bits per heavy atom. The normalized spacial score (nSPS) is 24.1. The summed E-state index contributed by atoms with van der Waals surface area (Å²) in [5, 5.41) is 4.94. The quantitative estimate of drug-likeness (QED) is 0.942. The molecule has 0 spiro atoms. The number of hydrogen-bond acceptors (Lipinski definition) is 3. The van der Waals surface area contributed by atoms with E-state index < -0.39 is 0 Å². The van der Waals surface area contributed by atoms with Gasteiger partial charge in [0.2, 0.25) is 0 Å². The molecule has 2 aliphatic heterocycles. The summed E-state index contributed by atoms with van der Waals surface area (Å²) in [6, 6.07) is 11.5. The molecule has 2 aromatic rings. The third-order valence-electron chi connectivity index (χ3n) is 5.35. The van der Waals surface area contributed by atoms with Crippen LogP contribution in [0, 0.1) is 5.92 Å². The topological polar surface area (TPSA) is 28.2 Å². The van der Waals surface area contributed by atoms with Gasteiger partial charge in [-0.3, -0.25) is 9.88 Å². The number of hydrogen-bond donors (Lipinski definition) is 1. The Hall–Kier alpha value is -1.45. The molecule has 1 N–H and O–H groups in total. The lowest BCUT2D eigenvalue weighted by atomic mass is 9.88. The Morgan fingerprint density at radius 1 is 1.14 bits per heavy atom. The lowest BCUT2D eigenvalue weighted by Gasteiger charge is -2.34. The molecule has 2 saturated heterocycles. The van der Waals surface area contributed by atoms with Crippen LogP contribution in [0.4, 0.5) is 0 Å². The van der Waals surface area contributed by atoms with Gasteiger partial charge in [0.1, 0.15) is 0 Å². The van der Waals surface area contributed by atoms with Gasteiger partial charge in [-0.15, -0.1) is 0 Å². The minimum Gasteiger partial charge on any atom is -0.314 e. The van der Waals surface area contributed by atoms with Gasteiger partial charge in [0.05, 0.1) is 5.52 Å². The van der Waals surface area contributed by atoms with Crippen molar-refractivity contribution in [3.63, 3.8) is 0 Å². The number of aromatic nitrogens is 1. The van der Waals surface area contributed by atoms with E-state index >= 15 is 0 Å². The summed E-state index contributed by atoms with van der Waals surface area (Å²) in [4.78, 5) is 7.18. The van der Waals surface area contributed by atoms with Gasteiger partial charge < -0.3 is 5.32 Å². The molecule has 3 heterocycles. The van der Waals surface area contributed by atoms with Crippen LogP contribution in [0.25, 0.3) is 10.9 Å². The highest BCUT2D eigenvalue weighted by Gasteiger charge is 2.28. The van der Waals surface area contributed by atoms with Crippen LogP contribution in [0.15, 0.2) is 36.5 Å². The van der Waals surface area contributed by atoms with Crippen molar-refractivity contribution in [3.8, 4) is 0 Å². The average Bonchev–Trinajstić information content (AvgIpc) is 3.10. The second kappa shape index (κ2) is 6.35. The predicted molar refractivity (Wildman–Crippen MR) is 90.8 cm³/mol. The van der Waals surface area contributed by atoms with Gasteiger partial charge in [0.15, 0.2) is 0 Å². The number of piperidine rings is 1. The maximum Gasteiger partial charge on any atom is 0.0702 e. The van der Waals surface area contributed by atoms with Gasteiger partial charge in [-0.1, -0.05) is 18.2 Å². The molecule has 0 bridgehead atoms. The van der Waals surface area contributed by atoms with Crippen molar-refractivity contribution in [2.75, 3.05) is 19.6 Å². The molecular formula is C19H25N3. The highest BCUT2D eigenvalue weighted by Crippen LogP contribution is 2.26. The van der Waals surface area contributed by atoms with E-state index in [0.717, 1.165) is 24.0 Å². The van der Waals surface area contributed by atoms with Crippen molar-refractivity contribution in [3.05, 3.63) is 42.1 Å². The summed E-state index contributed by atoms with van der Waals surface area (Å²) < 4.78 is 0. The van der Waals surface area contributed by atoms with Crippen molar-refractivity contribution in [2.24, 2.45) is 5.92 Å². The molecule has 3 heteroatoms. The summed E-state index contributed by atoms with van der Waals surface area (Å²) in [6.45, 7) is 4.74. The number of nitrogens with one attached hydrogen (secondary N) is 1. The molecular weight excluding hydrogens is 270 g/mol. The van der Waals surface area contributed by atoms with Crippen LogP contribution in [-0.2, 0) is 6.54 Å². The van der Waals surface area contributed by atoms with Gasteiger partial charge in [-0.25, -0.2) is 0 Å². The van der Waals surface area contributed by atoms with Crippen molar-refractivity contribution in [2.45, 2.75) is 38.3 Å². The number of pyridine rings is 1. The number of likely N-dealkylation sites (tertiary alicyclic amines) is 1. The van der Waals surface area contributed by atoms with E-state index in [1.807, 2.05) is 6.20 Å². The summed E-state index contributed by atoms with van der Waals surface area (Å²) in [7, 11) is 0. The highest BCUT2D eigenvalue weighted by molar-refractivity contribution is 5.78. The van der Waals surface area contributed by atoms with Gasteiger partial charge in [0, 0.05) is 24.2 Å². The summed E-state index contributed by atoms with van der Waals surface area (Å²) in [5.74, 6) is 0.897. The smallest absolute Gasteiger partial charge is 0.0702 e. The number of fused-ring (bicyclic) bond motifs is 1. The van der Waals surface area contributed by atoms with E-state index in [4.69, 9.17) is 0 Å². The second-order valence-corrected chi connectivity index (χ2v) is 6.85. The fourth-order valence-electron chi connectivity index (χ4n) is 4.09. The predicted octanol–water partition coefficient (Wildman–Crippen LogP) is 3.20. The van der Waals surface area contributed by atoms with E-state index in [0.29, 0.717) is 0 Å². The zero-order valence-corrected chi connectivity index (χ0v) is 13.2. The molecule has 1 aromatic carbocycles. The average molecular weight is 295 g/mol. The van der Waals surface area contributed by atoms with E-state index in [2.05, 4.69) is 45.5 Å². The minimum atomic E-state index is 0.796. The minimum absolute atomic E-state index is 0.796. The highest BCUT2D eigenvalue weighted by atomic mass is 15.1. The van der Waals surface area contributed by atoms with Crippen molar-refractivity contribution < 1.29 is 0 Å². The van der Waals surface area contributed by atoms with Crippen molar-refractivity contribution in [1.29, 1.82) is 0 Å². The molecule has 1 aromatic heterocycles. The Labute approximate surface area is 132 Å². The lowest BCUT2D eigenvalue weighted by molar-refractivity contribution is 0.157. The second-order valence-electron chi connectivity index (χ2n) is 6.85.